The minimum atomic E-state index is -0.926. The van der Waals surface area contributed by atoms with Crippen molar-refractivity contribution in [2.75, 3.05) is 6.54 Å². The highest BCUT2D eigenvalue weighted by Crippen LogP contribution is 2.15. The number of carbonyl (C=O) groups is 1. The maximum absolute atomic E-state index is 12.3. The summed E-state index contributed by atoms with van der Waals surface area (Å²) in [6.07, 6.45) is 0.00440. The Morgan fingerprint density at radius 1 is 1.78 bits per heavy atom. The lowest BCUT2D eigenvalue weighted by Crippen LogP contribution is -2.27. The zero-order chi connectivity index (χ0) is 6.85. The first kappa shape index (κ1) is 6.74. The smallest absolute Gasteiger partial charge is 0.183 e. The Morgan fingerprint density at radius 3 is 2.67 bits per heavy atom. The van der Waals surface area contributed by atoms with Gasteiger partial charge in [0.05, 0.1) is 6.04 Å². The zero-order valence-electron chi connectivity index (χ0n) is 4.96. The van der Waals surface area contributed by atoms with Crippen molar-refractivity contribution in [3.8, 4) is 0 Å². The monoisotopic (exact) mass is 127 g/mol. The molecule has 4 heteroatoms. The number of hydrogen-bond donors (Lipinski definition) is 0. The summed E-state index contributed by atoms with van der Waals surface area (Å²) >= 11 is 0. The first-order valence-electron chi connectivity index (χ1n) is 2.84. The van der Waals surface area contributed by atoms with Crippen LogP contribution in [-0.4, -0.2) is 37.8 Å². The Labute approximate surface area is 54.5 Å². The van der Waals surface area contributed by atoms with Gasteiger partial charge in [0.2, 0.25) is 0 Å². The van der Waals surface area contributed by atoms with Gasteiger partial charge in [0, 0.05) is 13.0 Å². The normalized spacial score (nSPS) is 37.0. The standard InChI is InChI=1S/C5H7BFNO/c6-8-2-4(7)1-5(8)3-9/h3-5H,1-2H2/t4-,5+/m1/s1. The summed E-state index contributed by atoms with van der Waals surface area (Å²) in [6, 6.07) is -0.403. The molecule has 0 aromatic heterocycles. The van der Waals surface area contributed by atoms with Crippen LogP contribution in [0.15, 0.2) is 0 Å². The lowest BCUT2D eigenvalue weighted by atomic mass is 10.2. The summed E-state index contributed by atoms with van der Waals surface area (Å²) < 4.78 is 12.3. The van der Waals surface area contributed by atoms with E-state index in [4.69, 9.17) is 7.98 Å². The van der Waals surface area contributed by atoms with Crippen molar-refractivity contribution in [1.29, 1.82) is 0 Å². The van der Waals surface area contributed by atoms with Crippen LogP contribution in [-0.2, 0) is 4.79 Å². The van der Waals surface area contributed by atoms with Gasteiger partial charge in [-0.3, -0.25) is 0 Å². The zero-order valence-corrected chi connectivity index (χ0v) is 4.96. The third-order valence-corrected chi connectivity index (χ3v) is 1.49. The van der Waals surface area contributed by atoms with Crippen LogP contribution in [0, 0.1) is 0 Å². The molecule has 1 aliphatic heterocycles. The van der Waals surface area contributed by atoms with Gasteiger partial charge in [-0.05, 0) is 0 Å². The number of alkyl halides is 1. The summed E-state index contributed by atoms with van der Waals surface area (Å²) in [5.41, 5.74) is 0. The lowest BCUT2D eigenvalue weighted by Gasteiger charge is -2.11. The molecule has 0 saturated carbocycles. The van der Waals surface area contributed by atoms with E-state index in [1.54, 1.807) is 0 Å². The highest BCUT2D eigenvalue weighted by molar-refractivity contribution is 6.06. The summed E-state index contributed by atoms with van der Waals surface area (Å²) in [5, 5.41) is 0. The van der Waals surface area contributed by atoms with Crippen LogP contribution in [0.3, 0.4) is 0 Å². The van der Waals surface area contributed by atoms with E-state index in [2.05, 4.69) is 0 Å². The molecule has 9 heavy (non-hydrogen) atoms. The highest BCUT2D eigenvalue weighted by Gasteiger charge is 2.27. The molecule has 0 spiro atoms. The Balaban J connectivity index is 2.47. The number of carbonyl (C=O) groups excluding carboxylic acids is 1. The fourth-order valence-electron chi connectivity index (χ4n) is 0.970. The minimum absolute atomic E-state index is 0.184. The summed E-state index contributed by atoms with van der Waals surface area (Å²) in [6.45, 7) is 0.184. The Morgan fingerprint density at radius 2 is 2.44 bits per heavy atom. The largest absolute Gasteiger partial charge is 0.343 e. The highest BCUT2D eigenvalue weighted by atomic mass is 19.1. The van der Waals surface area contributed by atoms with Gasteiger partial charge in [0.25, 0.3) is 0 Å². The van der Waals surface area contributed by atoms with Crippen molar-refractivity contribution >= 4 is 14.3 Å². The van der Waals surface area contributed by atoms with Crippen molar-refractivity contribution in [2.24, 2.45) is 0 Å². The van der Waals surface area contributed by atoms with E-state index in [9.17, 15) is 9.18 Å². The van der Waals surface area contributed by atoms with Gasteiger partial charge in [-0.1, -0.05) is 0 Å². The van der Waals surface area contributed by atoms with Crippen LogP contribution in [0.25, 0.3) is 0 Å². The number of nitrogens with zero attached hydrogens (tertiary/aromatic N) is 1. The molecule has 1 saturated heterocycles. The molecule has 1 aliphatic rings. The van der Waals surface area contributed by atoms with E-state index in [-0.39, 0.29) is 13.0 Å². The summed E-state index contributed by atoms with van der Waals surface area (Å²) in [5.74, 6) is 0. The molecule has 0 aliphatic carbocycles. The Kier molecular flexibility index (Phi) is 1.85. The number of rotatable bonds is 1. The van der Waals surface area contributed by atoms with E-state index >= 15 is 0 Å². The van der Waals surface area contributed by atoms with Gasteiger partial charge in [0.15, 0.2) is 7.98 Å². The third kappa shape index (κ3) is 1.30. The van der Waals surface area contributed by atoms with Gasteiger partial charge in [-0.25, -0.2) is 4.39 Å². The van der Waals surface area contributed by atoms with E-state index < -0.39 is 12.2 Å². The van der Waals surface area contributed by atoms with Gasteiger partial charge in [-0.2, -0.15) is 0 Å². The molecule has 48 valence electrons. The van der Waals surface area contributed by atoms with Crippen LogP contribution in [0.1, 0.15) is 6.42 Å². The van der Waals surface area contributed by atoms with E-state index in [1.165, 1.54) is 4.81 Å². The fourth-order valence-corrected chi connectivity index (χ4v) is 0.970. The van der Waals surface area contributed by atoms with Crippen molar-refractivity contribution in [2.45, 2.75) is 18.6 Å². The Hall–Kier alpha value is -0.375. The molecule has 1 fully saturated rings. The predicted molar refractivity (Wildman–Crippen MR) is 31.8 cm³/mol. The van der Waals surface area contributed by atoms with Crippen LogP contribution in [0.4, 0.5) is 4.39 Å². The van der Waals surface area contributed by atoms with Crippen LogP contribution < -0.4 is 0 Å². The second kappa shape index (κ2) is 2.48. The van der Waals surface area contributed by atoms with Crippen LogP contribution in [0.5, 0.6) is 0 Å². The molecule has 2 atom stereocenters. The molecule has 0 amide bonds. The molecule has 2 nitrogen and oxygen atoms in total. The minimum Gasteiger partial charge on any atom is -0.343 e. The van der Waals surface area contributed by atoms with Gasteiger partial charge >= 0.3 is 0 Å². The van der Waals surface area contributed by atoms with Crippen molar-refractivity contribution in [3.05, 3.63) is 0 Å². The van der Waals surface area contributed by atoms with Gasteiger partial charge in [-0.15, -0.1) is 0 Å². The van der Waals surface area contributed by atoms with Gasteiger partial charge < -0.3 is 9.61 Å². The van der Waals surface area contributed by atoms with Crippen LogP contribution >= 0.6 is 0 Å². The maximum atomic E-state index is 12.3. The molecular weight excluding hydrogens is 120 g/mol. The molecule has 0 N–H and O–H groups in total. The average Bonchev–Trinajstić information content (AvgIpc) is 2.10. The second-order valence-electron chi connectivity index (χ2n) is 2.23. The second-order valence-corrected chi connectivity index (χ2v) is 2.23. The van der Waals surface area contributed by atoms with E-state index in [1.807, 2.05) is 0 Å². The predicted octanol–water partition coefficient (Wildman–Crippen LogP) is -0.319. The quantitative estimate of drug-likeness (QED) is 0.355. The molecule has 0 unspecified atom stereocenters. The van der Waals surface area contributed by atoms with E-state index in [0.29, 0.717) is 6.29 Å². The molecule has 1 heterocycles. The SMILES string of the molecule is [B]N1C[C@H](F)C[C@H]1C=O. The third-order valence-electron chi connectivity index (χ3n) is 1.49. The van der Waals surface area contributed by atoms with E-state index in [0.717, 1.165) is 0 Å². The lowest BCUT2D eigenvalue weighted by molar-refractivity contribution is -0.110. The number of halogens is 1. The topological polar surface area (TPSA) is 20.3 Å². The number of aldehydes is 1. The Bertz CT molecular complexity index is 122. The molecule has 2 radical (unpaired) electrons. The summed E-state index contributed by atoms with van der Waals surface area (Å²) in [7, 11) is 5.24. The molecule has 0 aromatic rings. The molecular formula is C5H7BFNO. The van der Waals surface area contributed by atoms with Gasteiger partial charge in [0.1, 0.15) is 12.5 Å². The maximum Gasteiger partial charge on any atom is 0.183 e. The molecule has 1 rings (SSSR count). The summed E-state index contributed by atoms with van der Waals surface area (Å²) in [4.78, 5) is 11.3. The first-order chi connectivity index (χ1) is 4.24. The number of hydrogen-bond acceptors (Lipinski definition) is 2. The fraction of sp³-hybridized carbons (Fsp3) is 0.800. The average molecular weight is 127 g/mol. The molecule has 0 aromatic carbocycles. The van der Waals surface area contributed by atoms with Crippen molar-refractivity contribution in [3.63, 3.8) is 0 Å². The first-order valence-corrected chi connectivity index (χ1v) is 2.84. The molecule has 0 bridgehead atoms. The van der Waals surface area contributed by atoms with Crippen molar-refractivity contribution < 1.29 is 9.18 Å². The van der Waals surface area contributed by atoms with Crippen molar-refractivity contribution in [1.82, 2.24) is 4.81 Å². The van der Waals surface area contributed by atoms with Crippen LogP contribution in [0.2, 0.25) is 0 Å².